The number of anilines is 3. The summed E-state index contributed by atoms with van der Waals surface area (Å²) in [5.41, 5.74) is 13.3. The first-order valence-electron chi connectivity index (χ1n) is 13.4. The summed E-state index contributed by atoms with van der Waals surface area (Å²) >= 11 is 0. The van der Waals surface area contributed by atoms with Gasteiger partial charge in [0.2, 0.25) is 0 Å². The molecular formula is C38H31N. The zero-order valence-electron chi connectivity index (χ0n) is 22.4. The van der Waals surface area contributed by atoms with E-state index in [0.717, 1.165) is 17.1 Å². The Kier molecular flexibility index (Phi) is 6.80. The Balaban J connectivity index is 1.39. The minimum atomic E-state index is 1.13. The number of nitrogens with zero attached hydrogens (tertiary/aromatic N) is 1. The highest BCUT2D eigenvalue weighted by atomic mass is 15.1. The van der Waals surface area contributed by atoms with Crippen LogP contribution in [0.5, 0.6) is 0 Å². The first-order chi connectivity index (χ1) is 19.2. The lowest BCUT2D eigenvalue weighted by Crippen LogP contribution is -2.09. The van der Waals surface area contributed by atoms with Gasteiger partial charge in [0.25, 0.3) is 0 Å². The molecule has 1 nitrogen and oxygen atoms in total. The van der Waals surface area contributed by atoms with E-state index >= 15 is 0 Å². The summed E-state index contributed by atoms with van der Waals surface area (Å²) in [4.78, 5) is 2.33. The Morgan fingerprint density at radius 1 is 0.333 bits per heavy atom. The van der Waals surface area contributed by atoms with Gasteiger partial charge in [-0.2, -0.15) is 0 Å². The SMILES string of the molecule is Cc1ccc(-c2ccc(N(c3ccc(-c4ccccc4)cc3)c3ccc(-c4ccccc4C)cc3)cc2)cc1. The van der Waals surface area contributed by atoms with Crippen LogP contribution in [0.1, 0.15) is 11.1 Å². The molecular weight excluding hydrogens is 470 g/mol. The largest absolute Gasteiger partial charge is 0.311 e. The Hall–Kier alpha value is -4.88. The highest BCUT2D eigenvalue weighted by Gasteiger charge is 2.14. The van der Waals surface area contributed by atoms with Crippen molar-refractivity contribution in [3.63, 3.8) is 0 Å². The minimum absolute atomic E-state index is 1.13. The molecule has 1 heteroatoms. The molecule has 0 spiro atoms. The molecule has 0 amide bonds. The fourth-order valence-electron chi connectivity index (χ4n) is 5.12. The van der Waals surface area contributed by atoms with Crippen LogP contribution in [-0.4, -0.2) is 0 Å². The van der Waals surface area contributed by atoms with Crippen LogP contribution in [0.4, 0.5) is 17.1 Å². The van der Waals surface area contributed by atoms with E-state index in [0.29, 0.717) is 0 Å². The van der Waals surface area contributed by atoms with E-state index in [1.54, 1.807) is 0 Å². The fraction of sp³-hybridized carbons (Fsp3) is 0.0526. The van der Waals surface area contributed by atoms with E-state index in [4.69, 9.17) is 0 Å². The molecule has 0 aliphatic carbocycles. The van der Waals surface area contributed by atoms with Crippen molar-refractivity contribution in [3.05, 3.63) is 163 Å². The molecule has 0 saturated heterocycles. The Morgan fingerprint density at radius 3 is 1.21 bits per heavy atom. The van der Waals surface area contributed by atoms with Crippen molar-refractivity contribution in [3.8, 4) is 33.4 Å². The summed E-state index contributed by atoms with van der Waals surface area (Å²) in [5.74, 6) is 0. The van der Waals surface area contributed by atoms with Gasteiger partial charge in [-0.05, 0) is 89.2 Å². The van der Waals surface area contributed by atoms with Crippen LogP contribution in [0.3, 0.4) is 0 Å². The third-order valence-corrected chi connectivity index (χ3v) is 7.32. The van der Waals surface area contributed by atoms with Gasteiger partial charge in [-0.25, -0.2) is 0 Å². The molecule has 6 rings (SSSR count). The molecule has 0 aromatic heterocycles. The first-order valence-corrected chi connectivity index (χ1v) is 13.4. The first kappa shape index (κ1) is 24.5. The molecule has 6 aromatic rings. The topological polar surface area (TPSA) is 3.24 Å². The van der Waals surface area contributed by atoms with Crippen molar-refractivity contribution < 1.29 is 0 Å². The zero-order valence-corrected chi connectivity index (χ0v) is 22.4. The van der Waals surface area contributed by atoms with Crippen LogP contribution >= 0.6 is 0 Å². The van der Waals surface area contributed by atoms with Crippen molar-refractivity contribution in [2.45, 2.75) is 13.8 Å². The molecule has 0 bridgehead atoms. The van der Waals surface area contributed by atoms with Crippen molar-refractivity contribution in [1.29, 1.82) is 0 Å². The van der Waals surface area contributed by atoms with Gasteiger partial charge in [-0.1, -0.05) is 121 Å². The second-order valence-electron chi connectivity index (χ2n) is 10.0. The molecule has 0 aliphatic rings. The van der Waals surface area contributed by atoms with Crippen molar-refractivity contribution in [1.82, 2.24) is 0 Å². The third-order valence-electron chi connectivity index (χ3n) is 7.32. The molecule has 0 aliphatic heterocycles. The minimum Gasteiger partial charge on any atom is -0.311 e. The average molecular weight is 502 g/mol. The van der Waals surface area contributed by atoms with Crippen LogP contribution in [0.15, 0.2) is 152 Å². The molecule has 188 valence electrons. The quantitative estimate of drug-likeness (QED) is 0.219. The number of rotatable bonds is 6. The fourth-order valence-corrected chi connectivity index (χ4v) is 5.12. The standard InChI is InChI=1S/C38H31N/c1-28-12-14-31(15-13-28)33-18-24-36(25-19-33)39(35-22-16-32(17-23-35)30-9-4-3-5-10-30)37-26-20-34(21-27-37)38-11-7-6-8-29(38)2/h3-27H,1-2H3. The molecule has 0 unspecified atom stereocenters. The van der Waals surface area contributed by atoms with Gasteiger partial charge >= 0.3 is 0 Å². The van der Waals surface area contributed by atoms with Gasteiger partial charge in [-0.3, -0.25) is 0 Å². The van der Waals surface area contributed by atoms with Gasteiger partial charge < -0.3 is 4.90 Å². The summed E-state index contributed by atoms with van der Waals surface area (Å²) in [5, 5.41) is 0. The van der Waals surface area contributed by atoms with Gasteiger partial charge in [0.05, 0.1) is 0 Å². The molecule has 0 heterocycles. The lowest BCUT2D eigenvalue weighted by atomic mass is 10.00. The van der Waals surface area contributed by atoms with Gasteiger partial charge in [0.15, 0.2) is 0 Å². The maximum atomic E-state index is 2.33. The van der Waals surface area contributed by atoms with Crippen LogP contribution in [-0.2, 0) is 0 Å². The normalized spacial score (nSPS) is 10.8. The summed E-state index contributed by atoms with van der Waals surface area (Å²) in [7, 11) is 0. The highest BCUT2D eigenvalue weighted by Crippen LogP contribution is 2.37. The van der Waals surface area contributed by atoms with Crippen molar-refractivity contribution >= 4 is 17.1 Å². The van der Waals surface area contributed by atoms with E-state index in [1.165, 1.54) is 44.5 Å². The van der Waals surface area contributed by atoms with Crippen LogP contribution < -0.4 is 4.90 Å². The number of benzene rings is 6. The number of aryl methyl sites for hydroxylation is 2. The van der Waals surface area contributed by atoms with Gasteiger partial charge in [0.1, 0.15) is 0 Å². The summed E-state index contributed by atoms with van der Waals surface area (Å²) in [6.07, 6.45) is 0. The van der Waals surface area contributed by atoms with E-state index in [1.807, 2.05) is 0 Å². The van der Waals surface area contributed by atoms with Crippen molar-refractivity contribution in [2.75, 3.05) is 4.90 Å². The molecule has 0 saturated carbocycles. The lowest BCUT2D eigenvalue weighted by Gasteiger charge is -2.26. The second-order valence-corrected chi connectivity index (χ2v) is 10.0. The Labute approximate surface area is 231 Å². The maximum Gasteiger partial charge on any atom is 0.0462 e. The zero-order chi connectivity index (χ0) is 26.6. The summed E-state index contributed by atoms with van der Waals surface area (Å²) in [6, 6.07) is 54.4. The molecule has 39 heavy (non-hydrogen) atoms. The third kappa shape index (κ3) is 5.26. The van der Waals surface area contributed by atoms with E-state index in [2.05, 4.69) is 170 Å². The van der Waals surface area contributed by atoms with Gasteiger partial charge in [0, 0.05) is 17.1 Å². The summed E-state index contributed by atoms with van der Waals surface area (Å²) < 4.78 is 0. The predicted molar refractivity (Wildman–Crippen MR) is 167 cm³/mol. The molecule has 0 atom stereocenters. The number of hydrogen-bond acceptors (Lipinski definition) is 1. The molecule has 0 radical (unpaired) electrons. The monoisotopic (exact) mass is 501 g/mol. The molecule has 0 N–H and O–H groups in total. The average Bonchev–Trinajstić information content (AvgIpc) is 3.00. The molecule has 6 aromatic carbocycles. The second kappa shape index (κ2) is 10.8. The smallest absolute Gasteiger partial charge is 0.0462 e. The number of hydrogen-bond donors (Lipinski definition) is 0. The summed E-state index contributed by atoms with van der Waals surface area (Å²) in [6.45, 7) is 4.29. The van der Waals surface area contributed by atoms with Gasteiger partial charge in [-0.15, -0.1) is 0 Å². The Bertz CT molecular complexity index is 1660. The van der Waals surface area contributed by atoms with Crippen LogP contribution in [0, 0.1) is 13.8 Å². The van der Waals surface area contributed by atoms with E-state index in [-0.39, 0.29) is 0 Å². The predicted octanol–water partition coefficient (Wildman–Crippen LogP) is 10.8. The lowest BCUT2D eigenvalue weighted by molar-refractivity contribution is 1.28. The van der Waals surface area contributed by atoms with Crippen LogP contribution in [0.25, 0.3) is 33.4 Å². The van der Waals surface area contributed by atoms with Crippen LogP contribution in [0.2, 0.25) is 0 Å². The highest BCUT2D eigenvalue weighted by molar-refractivity contribution is 5.81. The molecule has 0 fully saturated rings. The van der Waals surface area contributed by atoms with E-state index < -0.39 is 0 Å². The Morgan fingerprint density at radius 2 is 0.718 bits per heavy atom. The van der Waals surface area contributed by atoms with Crippen molar-refractivity contribution in [2.24, 2.45) is 0 Å². The van der Waals surface area contributed by atoms with E-state index in [9.17, 15) is 0 Å². The maximum absolute atomic E-state index is 2.33.